The minimum absolute atomic E-state index is 0.799. The maximum absolute atomic E-state index is 4.45. The number of nitrogens with zero attached hydrogens (tertiary/aromatic N) is 6. The van der Waals surface area contributed by atoms with Crippen LogP contribution < -0.4 is 10.6 Å². The third-order valence-corrected chi connectivity index (χ3v) is 7.89. The van der Waals surface area contributed by atoms with Crippen molar-refractivity contribution in [3.63, 3.8) is 0 Å². The summed E-state index contributed by atoms with van der Waals surface area (Å²) >= 11 is 2.81. The lowest BCUT2D eigenvalue weighted by molar-refractivity contribution is 1.25. The molecule has 0 atom stereocenters. The van der Waals surface area contributed by atoms with Crippen LogP contribution in [0.1, 0.15) is 25.0 Å². The molecular weight excluding hydrogens is 609 g/mol. The van der Waals surface area contributed by atoms with Crippen molar-refractivity contribution in [3.8, 4) is 33.9 Å². The van der Waals surface area contributed by atoms with Crippen molar-refractivity contribution in [2.24, 2.45) is 0 Å². The average molecular weight is 643 g/mol. The van der Waals surface area contributed by atoms with Crippen LogP contribution >= 0.6 is 23.1 Å². The van der Waals surface area contributed by atoms with Gasteiger partial charge < -0.3 is 10.6 Å². The van der Waals surface area contributed by atoms with Gasteiger partial charge in [-0.15, -0.1) is 0 Å². The van der Waals surface area contributed by atoms with E-state index in [2.05, 4.69) is 51.4 Å². The van der Waals surface area contributed by atoms with Crippen molar-refractivity contribution in [2.45, 2.75) is 27.7 Å². The summed E-state index contributed by atoms with van der Waals surface area (Å²) in [5, 5.41) is 8.49. The number of hydrogen-bond acceptors (Lipinski definition) is 10. The van der Waals surface area contributed by atoms with Gasteiger partial charge in [0, 0.05) is 36.9 Å². The van der Waals surface area contributed by atoms with E-state index >= 15 is 0 Å². The number of anilines is 4. The summed E-state index contributed by atoms with van der Waals surface area (Å²) in [5.41, 5.74) is 8.14. The number of benzene rings is 1. The summed E-state index contributed by atoms with van der Waals surface area (Å²) in [6.07, 6.45) is 7.16. The van der Waals surface area contributed by atoms with E-state index < -0.39 is 0 Å². The fourth-order valence-electron chi connectivity index (χ4n) is 4.33. The molecule has 0 aliphatic rings. The van der Waals surface area contributed by atoms with Gasteiger partial charge in [0.05, 0.1) is 11.4 Å². The molecule has 0 saturated heterocycles. The molecular formula is C36H34N8S2. The Kier molecular flexibility index (Phi) is 11.2. The second-order valence-corrected chi connectivity index (χ2v) is 11.4. The highest BCUT2D eigenvalue weighted by Crippen LogP contribution is 2.29. The topological polar surface area (TPSA) is 101 Å². The molecule has 2 N–H and O–H groups in total. The Labute approximate surface area is 277 Å². The number of hydrogen-bond donors (Lipinski definition) is 2. The zero-order valence-corrected chi connectivity index (χ0v) is 27.7. The average Bonchev–Trinajstić information content (AvgIpc) is 3.77. The van der Waals surface area contributed by atoms with Crippen LogP contribution in [0.15, 0.2) is 122 Å². The van der Waals surface area contributed by atoms with Crippen LogP contribution in [0.2, 0.25) is 0 Å². The zero-order valence-electron chi connectivity index (χ0n) is 26.0. The van der Waals surface area contributed by atoms with Crippen molar-refractivity contribution in [2.75, 3.05) is 10.6 Å². The first-order chi connectivity index (χ1) is 22.6. The third-order valence-electron chi connectivity index (χ3n) is 6.48. The monoisotopic (exact) mass is 642 g/mol. The van der Waals surface area contributed by atoms with Crippen LogP contribution in [0.5, 0.6) is 0 Å². The number of aryl methyl sites for hydroxylation is 2. The van der Waals surface area contributed by atoms with Crippen LogP contribution in [0, 0.1) is 13.8 Å². The molecule has 6 aromatic heterocycles. The standard InChI is InChI=1S/C19H14N4S.C15H14N4S.C2H6/c1-2-6-14(7-3-1)15-9-11-21-18(12-15)22-19-13-17(23-24-19)16-8-4-5-10-20-16;1-10-5-7-16-13(8-10)18-14-9-12(19-20-14)15-11(2)4-3-6-17-15;1-2/h1-13H,(H,21,22);3-9H,1-2H3,(H,16,18);1-2H3. The molecule has 0 amide bonds. The third kappa shape index (κ3) is 8.65. The van der Waals surface area contributed by atoms with Crippen molar-refractivity contribution in [3.05, 3.63) is 133 Å². The molecule has 0 spiro atoms. The molecule has 0 aliphatic heterocycles. The Hall–Kier alpha value is -5.32. The number of nitrogens with one attached hydrogen (secondary N) is 2. The summed E-state index contributed by atoms with van der Waals surface area (Å²) in [6.45, 7) is 8.08. The van der Waals surface area contributed by atoms with Gasteiger partial charge in [0.15, 0.2) is 0 Å². The van der Waals surface area contributed by atoms with Gasteiger partial charge in [-0.05, 0) is 102 Å². The number of rotatable bonds is 7. The van der Waals surface area contributed by atoms with E-state index in [-0.39, 0.29) is 0 Å². The smallest absolute Gasteiger partial charge is 0.131 e. The van der Waals surface area contributed by atoms with Crippen molar-refractivity contribution in [1.29, 1.82) is 0 Å². The second-order valence-electron chi connectivity index (χ2n) is 9.80. The maximum atomic E-state index is 4.45. The number of aromatic nitrogens is 6. The molecule has 1 aromatic carbocycles. The first-order valence-electron chi connectivity index (χ1n) is 14.9. The van der Waals surface area contributed by atoms with Gasteiger partial charge in [0.2, 0.25) is 0 Å². The van der Waals surface area contributed by atoms with Crippen molar-refractivity contribution >= 4 is 44.7 Å². The van der Waals surface area contributed by atoms with Crippen molar-refractivity contribution in [1.82, 2.24) is 28.7 Å². The molecule has 7 rings (SSSR count). The Bertz CT molecular complexity index is 1960. The van der Waals surface area contributed by atoms with Gasteiger partial charge in [-0.3, -0.25) is 9.97 Å². The van der Waals surface area contributed by atoms with E-state index in [1.54, 1.807) is 18.6 Å². The van der Waals surface area contributed by atoms with Crippen LogP contribution in [0.25, 0.3) is 33.9 Å². The minimum Gasteiger partial charge on any atom is -0.331 e. The summed E-state index contributed by atoms with van der Waals surface area (Å²) in [5.74, 6) is 1.63. The summed E-state index contributed by atoms with van der Waals surface area (Å²) in [6, 6.07) is 32.0. The summed E-state index contributed by atoms with van der Waals surface area (Å²) < 4.78 is 8.91. The van der Waals surface area contributed by atoms with Gasteiger partial charge in [-0.25, -0.2) is 9.97 Å². The van der Waals surface area contributed by atoms with Crippen LogP contribution in [-0.2, 0) is 0 Å². The summed E-state index contributed by atoms with van der Waals surface area (Å²) in [7, 11) is 0. The van der Waals surface area contributed by atoms with Gasteiger partial charge in [0.1, 0.15) is 33.0 Å². The molecule has 0 unspecified atom stereocenters. The fourth-order valence-corrected chi connectivity index (χ4v) is 5.64. The van der Waals surface area contributed by atoms with E-state index in [9.17, 15) is 0 Å². The van der Waals surface area contributed by atoms with Crippen molar-refractivity contribution < 1.29 is 0 Å². The Morgan fingerprint density at radius 2 is 1.15 bits per heavy atom. The first-order valence-corrected chi connectivity index (χ1v) is 16.4. The van der Waals surface area contributed by atoms with Gasteiger partial charge in [-0.2, -0.15) is 8.75 Å². The lowest BCUT2D eigenvalue weighted by Gasteiger charge is -2.05. The molecule has 0 radical (unpaired) electrons. The van der Waals surface area contributed by atoms with Crippen LogP contribution in [0.4, 0.5) is 21.6 Å². The van der Waals surface area contributed by atoms with Gasteiger partial charge >= 0.3 is 0 Å². The largest absolute Gasteiger partial charge is 0.331 e. The molecule has 8 nitrogen and oxygen atoms in total. The molecule has 0 saturated carbocycles. The highest BCUT2D eigenvalue weighted by atomic mass is 32.1. The van der Waals surface area contributed by atoms with E-state index in [1.165, 1.54) is 34.2 Å². The van der Waals surface area contributed by atoms with E-state index in [4.69, 9.17) is 0 Å². The molecule has 6 heterocycles. The SMILES string of the molecule is CC.Cc1ccnc(Nc2cc(-c3ncccc3C)ns2)c1.c1ccc(-c2ccnc(Nc3cc(-c4ccccn4)ns3)c2)cc1. The van der Waals surface area contributed by atoms with E-state index in [0.29, 0.717) is 0 Å². The lowest BCUT2D eigenvalue weighted by atomic mass is 10.1. The highest BCUT2D eigenvalue weighted by molar-refractivity contribution is 7.10. The van der Waals surface area contributed by atoms with Crippen LogP contribution in [-0.4, -0.2) is 28.7 Å². The normalized spacial score (nSPS) is 10.2. The molecule has 7 aromatic rings. The fraction of sp³-hybridized carbons (Fsp3) is 0.111. The van der Waals surface area contributed by atoms with Gasteiger partial charge in [-0.1, -0.05) is 56.3 Å². The predicted molar refractivity (Wildman–Crippen MR) is 192 cm³/mol. The predicted octanol–water partition coefficient (Wildman–Crippen LogP) is 10.00. The highest BCUT2D eigenvalue weighted by Gasteiger charge is 2.09. The van der Waals surface area contributed by atoms with Crippen LogP contribution in [0.3, 0.4) is 0 Å². The first kappa shape index (κ1) is 32.1. The van der Waals surface area contributed by atoms with Gasteiger partial charge in [0.25, 0.3) is 0 Å². The Morgan fingerprint density at radius 3 is 1.85 bits per heavy atom. The summed E-state index contributed by atoms with van der Waals surface area (Å²) in [4.78, 5) is 17.4. The lowest BCUT2D eigenvalue weighted by Crippen LogP contribution is -1.91. The maximum Gasteiger partial charge on any atom is 0.131 e. The number of pyridine rings is 4. The second kappa shape index (κ2) is 16.1. The zero-order chi connectivity index (χ0) is 32.1. The minimum atomic E-state index is 0.799. The quantitative estimate of drug-likeness (QED) is 0.177. The Balaban J connectivity index is 0.000000175. The molecule has 0 aliphatic carbocycles. The van der Waals surface area contributed by atoms with E-state index in [0.717, 1.165) is 55.5 Å². The molecule has 10 heteroatoms. The molecule has 0 fully saturated rings. The van der Waals surface area contributed by atoms with E-state index in [1.807, 2.05) is 119 Å². The Morgan fingerprint density at radius 1 is 0.500 bits per heavy atom. The molecule has 0 bridgehead atoms. The molecule has 46 heavy (non-hydrogen) atoms. The molecule has 230 valence electrons.